The predicted octanol–water partition coefficient (Wildman–Crippen LogP) is 0.984. The quantitative estimate of drug-likeness (QED) is 0.610. The minimum absolute atomic E-state index is 0.391. The van der Waals surface area contributed by atoms with Gasteiger partial charge in [0.05, 0.1) is 0 Å². The fraction of sp³-hybridized carbons (Fsp3) is 1.00. The van der Waals surface area contributed by atoms with Gasteiger partial charge in [-0.3, -0.25) is 0 Å². The van der Waals surface area contributed by atoms with E-state index in [4.69, 9.17) is 0 Å². The second-order valence-electron chi connectivity index (χ2n) is 5.21. The van der Waals surface area contributed by atoms with E-state index in [9.17, 15) is 0 Å². The van der Waals surface area contributed by atoms with E-state index in [1.807, 2.05) is 0 Å². The molecule has 0 bridgehead atoms. The van der Waals surface area contributed by atoms with Crippen LogP contribution in [0.5, 0.6) is 0 Å². The number of hydrogen-bond acceptors (Lipinski definition) is 2. The van der Waals surface area contributed by atoms with Gasteiger partial charge in [0.25, 0.3) is 0 Å². The average Bonchev–Trinajstić information content (AvgIpc) is 2.28. The van der Waals surface area contributed by atoms with Crippen LogP contribution in [0.1, 0.15) is 27.2 Å². The van der Waals surface area contributed by atoms with E-state index in [0.717, 1.165) is 5.92 Å². The fourth-order valence-corrected chi connectivity index (χ4v) is 2.43. The Morgan fingerprint density at radius 3 is 2.08 bits per heavy atom. The third-order valence-electron chi connectivity index (χ3n) is 3.88. The molecule has 1 unspecified atom stereocenters. The maximum atomic E-state index is 3.69. The van der Waals surface area contributed by atoms with Gasteiger partial charge in [-0.05, 0) is 19.3 Å². The summed E-state index contributed by atoms with van der Waals surface area (Å²) in [7, 11) is 0. The molecular formula is C10H20N2. The van der Waals surface area contributed by atoms with Crippen molar-refractivity contribution in [3.63, 3.8) is 0 Å². The van der Waals surface area contributed by atoms with E-state index < -0.39 is 0 Å². The maximum absolute atomic E-state index is 3.69. The molecule has 12 heavy (non-hydrogen) atoms. The van der Waals surface area contributed by atoms with Crippen molar-refractivity contribution in [3.8, 4) is 0 Å². The van der Waals surface area contributed by atoms with E-state index in [0.29, 0.717) is 11.0 Å². The van der Waals surface area contributed by atoms with Crippen molar-refractivity contribution in [1.29, 1.82) is 0 Å². The van der Waals surface area contributed by atoms with Gasteiger partial charge in [0.15, 0.2) is 0 Å². The molecule has 0 aliphatic carbocycles. The van der Waals surface area contributed by atoms with Gasteiger partial charge in [-0.1, -0.05) is 13.8 Å². The Kier molecular flexibility index (Phi) is 1.74. The molecule has 2 heterocycles. The molecule has 2 nitrogen and oxygen atoms in total. The summed E-state index contributed by atoms with van der Waals surface area (Å²) in [5, 5.41) is 7.07. The van der Waals surface area contributed by atoms with Crippen LogP contribution in [0.4, 0.5) is 0 Å². The SMILES string of the molecule is CC(C)C1(C)CC2(CNC2)CN1. The largest absolute Gasteiger partial charge is 0.315 e. The molecule has 1 spiro atoms. The molecule has 0 amide bonds. The molecule has 1 atom stereocenters. The van der Waals surface area contributed by atoms with Gasteiger partial charge in [0.2, 0.25) is 0 Å². The zero-order valence-electron chi connectivity index (χ0n) is 8.41. The van der Waals surface area contributed by atoms with Crippen LogP contribution >= 0.6 is 0 Å². The Morgan fingerprint density at radius 1 is 1.17 bits per heavy atom. The van der Waals surface area contributed by atoms with Gasteiger partial charge >= 0.3 is 0 Å². The van der Waals surface area contributed by atoms with E-state index in [2.05, 4.69) is 31.4 Å². The Balaban J connectivity index is 2.05. The third-order valence-corrected chi connectivity index (χ3v) is 3.88. The lowest BCUT2D eigenvalue weighted by Gasteiger charge is -2.40. The van der Waals surface area contributed by atoms with Crippen LogP contribution in [0.15, 0.2) is 0 Å². The van der Waals surface area contributed by atoms with Crippen molar-refractivity contribution < 1.29 is 0 Å². The summed E-state index contributed by atoms with van der Waals surface area (Å²) in [6, 6.07) is 0. The van der Waals surface area contributed by atoms with E-state index >= 15 is 0 Å². The first-order chi connectivity index (χ1) is 5.56. The lowest BCUT2D eigenvalue weighted by molar-refractivity contribution is 0.170. The van der Waals surface area contributed by atoms with Crippen molar-refractivity contribution in [2.45, 2.75) is 32.7 Å². The first-order valence-corrected chi connectivity index (χ1v) is 5.02. The first-order valence-electron chi connectivity index (χ1n) is 5.02. The normalized spacial score (nSPS) is 39.0. The highest BCUT2D eigenvalue weighted by molar-refractivity contribution is 5.08. The molecule has 2 heteroatoms. The number of hydrogen-bond donors (Lipinski definition) is 2. The van der Waals surface area contributed by atoms with E-state index in [1.165, 1.54) is 26.1 Å². The zero-order valence-corrected chi connectivity index (χ0v) is 8.41. The molecule has 0 aromatic rings. The summed E-state index contributed by atoms with van der Waals surface area (Å²) < 4.78 is 0. The summed E-state index contributed by atoms with van der Waals surface area (Å²) in [5.41, 5.74) is 1.00. The van der Waals surface area contributed by atoms with Gasteiger partial charge < -0.3 is 10.6 Å². The molecule has 70 valence electrons. The summed E-state index contributed by atoms with van der Waals surface area (Å²) >= 11 is 0. The van der Waals surface area contributed by atoms with Gasteiger partial charge in [-0.15, -0.1) is 0 Å². The molecule has 2 N–H and O–H groups in total. The summed E-state index contributed by atoms with van der Waals surface area (Å²) in [5.74, 6) is 0.748. The average molecular weight is 168 g/mol. The highest BCUT2D eigenvalue weighted by Gasteiger charge is 2.49. The highest BCUT2D eigenvalue weighted by atomic mass is 15.1. The molecular weight excluding hydrogens is 148 g/mol. The molecule has 2 rings (SSSR count). The molecule has 2 aliphatic heterocycles. The zero-order chi connectivity index (χ0) is 8.82. The Labute approximate surface area is 75.1 Å². The molecule has 0 aromatic heterocycles. The molecule has 0 saturated carbocycles. The minimum Gasteiger partial charge on any atom is -0.315 e. The van der Waals surface area contributed by atoms with Crippen LogP contribution in [0.25, 0.3) is 0 Å². The van der Waals surface area contributed by atoms with Crippen molar-refractivity contribution in [3.05, 3.63) is 0 Å². The second-order valence-corrected chi connectivity index (χ2v) is 5.21. The summed E-state index contributed by atoms with van der Waals surface area (Å²) in [6.07, 6.45) is 1.35. The first kappa shape index (κ1) is 8.52. The molecule has 2 fully saturated rings. The Hall–Kier alpha value is -0.0800. The third kappa shape index (κ3) is 1.09. The topological polar surface area (TPSA) is 24.1 Å². The molecule has 2 saturated heterocycles. The highest BCUT2D eigenvalue weighted by Crippen LogP contribution is 2.41. The van der Waals surface area contributed by atoms with Crippen molar-refractivity contribution in [2.24, 2.45) is 11.3 Å². The summed E-state index contributed by atoms with van der Waals surface area (Å²) in [4.78, 5) is 0. The van der Waals surface area contributed by atoms with Crippen LogP contribution in [0.2, 0.25) is 0 Å². The predicted molar refractivity (Wildman–Crippen MR) is 51.2 cm³/mol. The molecule has 0 aromatic carbocycles. The Morgan fingerprint density at radius 2 is 1.83 bits per heavy atom. The second kappa shape index (κ2) is 2.46. The van der Waals surface area contributed by atoms with Crippen LogP contribution in [0.3, 0.4) is 0 Å². The minimum atomic E-state index is 0.391. The standard InChI is InChI=1S/C10H20N2/c1-8(2)9(3)4-10(7-12-9)5-11-6-10/h8,11-12H,4-7H2,1-3H3. The molecule has 0 radical (unpaired) electrons. The van der Waals surface area contributed by atoms with Crippen LogP contribution < -0.4 is 10.6 Å². The summed E-state index contributed by atoms with van der Waals surface area (Å²) in [6.45, 7) is 10.7. The van der Waals surface area contributed by atoms with Gasteiger partial charge in [-0.2, -0.15) is 0 Å². The number of nitrogens with one attached hydrogen (secondary N) is 2. The van der Waals surface area contributed by atoms with Gasteiger partial charge in [0.1, 0.15) is 0 Å². The smallest absolute Gasteiger partial charge is 0.0183 e. The van der Waals surface area contributed by atoms with E-state index in [1.54, 1.807) is 0 Å². The van der Waals surface area contributed by atoms with Crippen molar-refractivity contribution >= 4 is 0 Å². The van der Waals surface area contributed by atoms with Crippen LogP contribution in [-0.4, -0.2) is 25.2 Å². The van der Waals surface area contributed by atoms with Gasteiger partial charge in [-0.25, -0.2) is 0 Å². The number of rotatable bonds is 1. The fourth-order valence-electron chi connectivity index (χ4n) is 2.43. The lowest BCUT2D eigenvalue weighted by Crippen LogP contribution is -2.54. The maximum Gasteiger partial charge on any atom is 0.0183 e. The van der Waals surface area contributed by atoms with Crippen molar-refractivity contribution in [1.82, 2.24) is 10.6 Å². The Bertz CT molecular complexity index is 184. The van der Waals surface area contributed by atoms with Crippen molar-refractivity contribution in [2.75, 3.05) is 19.6 Å². The molecule has 2 aliphatic rings. The van der Waals surface area contributed by atoms with Crippen LogP contribution in [-0.2, 0) is 0 Å². The van der Waals surface area contributed by atoms with E-state index in [-0.39, 0.29) is 0 Å². The van der Waals surface area contributed by atoms with Crippen LogP contribution in [0, 0.1) is 11.3 Å². The van der Waals surface area contributed by atoms with Gasteiger partial charge in [0, 0.05) is 30.6 Å². The lowest BCUT2D eigenvalue weighted by atomic mass is 9.73. The monoisotopic (exact) mass is 168 g/mol.